The monoisotopic (exact) mass is 290 g/mol. The standard InChI is InChI=1S/C14H22N6O/c1-15-10-3-5-12(6-4-10)19(2)8-11-7-13(21)20-14(18-11)16-9-17-20/h7,9-10,12,15H,3-6,8H2,1-2H3,(H,16,17,18). The van der Waals surface area contributed by atoms with Gasteiger partial charge < -0.3 is 5.32 Å². The van der Waals surface area contributed by atoms with E-state index < -0.39 is 0 Å². The summed E-state index contributed by atoms with van der Waals surface area (Å²) in [5.74, 6) is 0.435. The SMILES string of the molecule is CNC1CCC(N(C)Cc2cc(=O)n3[nH]cnc3n2)CC1. The number of rotatable bonds is 4. The van der Waals surface area contributed by atoms with E-state index in [4.69, 9.17) is 0 Å². The van der Waals surface area contributed by atoms with Gasteiger partial charge in [0.15, 0.2) is 0 Å². The van der Waals surface area contributed by atoms with Gasteiger partial charge in [0, 0.05) is 24.7 Å². The van der Waals surface area contributed by atoms with E-state index in [1.54, 1.807) is 6.07 Å². The summed E-state index contributed by atoms with van der Waals surface area (Å²) in [4.78, 5) is 22.7. The molecule has 1 saturated carbocycles. The molecule has 2 N–H and O–H groups in total. The molecule has 1 aliphatic carbocycles. The minimum atomic E-state index is -0.111. The lowest BCUT2D eigenvalue weighted by Gasteiger charge is -2.34. The summed E-state index contributed by atoms with van der Waals surface area (Å²) < 4.78 is 1.35. The van der Waals surface area contributed by atoms with Crippen molar-refractivity contribution in [2.45, 2.75) is 44.3 Å². The van der Waals surface area contributed by atoms with Crippen LogP contribution in [-0.4, -0.2) is 50.7 Å². The van der Waals surface area contributed by atoms with Crippen LogP contribution in [0.25, 0.3) is 5.78 Å². The first-order valence-electron chi connectivity index (χ1n) is 7.47. The lowest BCUT2D eigenvalue weighted by Crippen LogP contribution is -2.39. The molecule has 2 aromatic rings. The number of aromatic nitrogens is 4. The van der Waals surface area contributed by atoms with Crippen molar-refractivity contribution in [2.75, 3.05) is 14.1 Å². The fourth-order valence-corrected chi connectivity index (χ4v) is 3.14. The summed E-state index contributed by atoms with van der Waals surface area (Å²) in [6, 6.07) is 2.80. The number of aromatic amines is 1. The molecule has 0 spiro atoms. The molecule has 1 fully saturated rings. The number of nitrogens with one attached hydrogen (secondary N) is 2. The predicted octanol–water partition coefficient (Wildman–Crippen LogP) is 0.380. The molecule has 1 aliphatic rings. The van der Waals surface area contributed by atoms with Crippen molar-refractivity contribution in [2.24, 2.45) is 0 Å². The van der Waals surface area contributed by atoms with Gasteiger partial charge in [-0.1, -0.05) is 0 Å². The van der Waals surface area contributed by atoms with Crippen LogP contribution in [0, 0.1) is 0 Å². The van der Waals surface area contributed by atoms with Crippen LogP contribution in [0.3, 0.4) is 0 Å². The van der Waals surface area contributed by atoms with Gasteiger partial charge in [-0.25, -0.2) is 9.97 Å². The molecule has 0 amide bonds. The maximum absolute atomic E-state index is 11.9. The summed E-state index contributed by atoms with van der Waals surface area (Å²) in [6.07, 6.45) is 6.27. The zero-order valence-corrected chi connectivity index (χ0v) is 12.5. The molecule has 7 heteroatoms. The Bertz CT molecular complexity index is 655. The Labute approximate surface area is 123 Å². The van der Waals surface area contributed by atoms with E-state index in [-0.39, 0.29) is 5.56 Å². The summed E-state index contributed by atoms with van der Waals surface area (Å²) in [5.41, 5.74) is 0.671. The third kappa shape index (κ3) is 2.98. The zero-order chi connectivity index (χ0) is 14.8. The largest absolute Gasteiger partial charge is 0.317 e. The summed E-state index contributed by atoms with van der Waals surface area (Å²) >= 11 is 0. The third-order valence-electron chi connectivity index (χ3n) is 4.46. The molecule has 7 nitrogen and oxygen atoms in total. The summed E-state index contributed by atoms with van der Waals surface area (Å²) in [6.45, 7) is 0.688. The van der Waals surface area contributed by atoms with Crippen molar-refractivity contribution in [3.63, 3.8) is 0 Å². The minimum Gasteiger partial charge on any atom is -0.317 e. The van der Waals surface area contributed by atoms with E-state index in [0.717, 1.165) is 5.69 Å². The summed E-state index contributed by atoms with van der Waals surface area (Å²) in [5, 5.41) is 6.10. The first-order valence-corrected chi connectivity index (χ1v) is 7.47. The first kappa shape index (κ1) is 14.2. The average Bonchev–Trinajstić information content (AvgIpc) is 2.96. The topological polar surface area (TPSA) is 78.3 Å². The average molecular weight is 290 g/mol. The van der Waals surface area contributed by atoms with Crippen LogP contribution in [0.1, 0.15) is 31.4 Å². The van der Waals surface area contributed by atoms with Crippen molar-refractivity contribution in [3.05, 3.63) is 28.4 Å². The molecule has 2 aromatic heterocycles. The Morgan fingerprint density at radius 2 is 2.19 bits per heavy atom. The van der Waals surface area contributed by atoms with Gasteiger partial charge in [0.05, 0.1) is 5.69 Å². The number of H-pyrrole nitrogens is 1. The molecule has 2 heterocycles. The van der Waals surface area contributed by atoms with Crippen LogP contribution in [0.5, 0.6) is 0 Å². The number of hydrogen-bond donors (Lipinski definition) is 2. The number of nitrogens with zero attached hydrogens (tertiary/aromatic N) is 4. The first-order chi connectivity index (χ1) is 10.2. The van der Waals surface area contributed by atoms with Crippen molar-refractivity contribution in [3.8, 4) is 0 Å². The van der Waals surface area contributed by atoms with Gasteiger partial charge >= 0.3 is 0 Å². The van der Waals surface area contributed by atoms with Gasteiger partial charge in [-0.05, 0) is 39.8 Å². The van der Waals surface area contributed by atoms with Crippen LogP contribution in [-0.2, 0) is 6.54 Å². The van der Waals surface area contributed by atoms with E-state index in [0.29, 0.717) is 24.4 Å². The molecule has 0 unspecified atom stereocenters. The molecule has 114 valence electrons. The number of fused-ring (bicyclic) bond motifs is 1. The van der Waals surface area contributed by atoms with Crippen LogP contribution in [0.15, 0.2) is 17.2 Å². The van der Waals surface area contributed by atoms with Gasteiger partial charge in [0.1, 0.15) is 6.33 Å². The van der Waals surface area contributed by atoms with E-state index in [2.05, 4.69) is 32.3 Å². The van der Waals surface area contributed by atoms with E-state index in [9.17, 15) is 4.79 Å². The Morgan fingerprint density at radius 3 is 2.90 bits per heavy atom. The molecule has 0 radical (unpaired) electrons. The van der Waals surface area contributed by atoms with Gasteiger partial charge in [0.25, 0.3) is 11.3 Å². The Hall–Kier alpha value is -1.73. The van der Waals surface area contributed by atoms with Gasteiger partial charge in [-0.15, -0.1) is 0 Å². The maximum Gasteiger partial charge on any atom is 0.274 e. The quantitative estimate of drug-likeness (QED) is 0.851. The minimum absolute atomic E-state index is 0.111. The molecule has 21 heavy (non-hydrogen) atoms. The highest BCUT2D eigenvalue weighted by Gasteiger charge is 2.23. The Kier molecular flexibility index (Phi) is 4.03. The van der Waals surface area contributed by atoms with Gasteiger partial charge in [-0.3, -0.25) is 14.8 Å². The number of hydrogen-bond acceptors (Lipinski definition) is 5. The van der Waals surface area contributed by atoms with E-state index in [1.165, 1.54) is 36.5 Å². The Balaban J connectivity index is 1.68. The zero-order valence-electron chi connectivity index (χ0n) is 12.5. The molecule has 0 aliphatic heterocycles. The Morgan fingerprint density at radius 1 is 1.43 bits per heavy atom. The highest BCUT2D eigenvalue weighted by molar-refractivity contribution is 5.25. The fraction of sp³-hybridized carbons (Fsp3) is 0.643. The second-order valence-electron chi connectivity index (χ2n) is 5.82. The van der Waals surface area contributed by atoms with Crippen LogP contribution >= 0.6 is 0 Å². The van der Waals surface area contributed by atoms with Crippen LogP contribution < -0.4 is 10.9 Å². The van der Waals surface area contributed by atoms with Gasteiger partial charge in [0.2, 0.25) is 0 Å². The smallest absolute Gasteiger partial charge is 0.274 e. The lowest BCUT2D eigenvalue weighted by atomic mass is 9.90. The van der Waals surface area contributed by atoms with Crippen molar-refractivity contribution in [1.29, 1.82) is 0 Å². The second-order valence-corrected chi connectivity index (χ2v) is 5.82. The molecule has 0 bridgehead atoms. The molecule has 0 aromatic carbocycles. The highest BCUT2D eigenvalue weighted by Crippen LogP contribution is 2.23. The highest BCUT2D eigenvalue weighted by atomic mass is 16.1. The fourth-order valence-electron chi connectivity index (χ4n) is 3.14. The van der Waals surface area contributed by atoms with Gasteiger partial charge in [-0.2, -0.15) is 4.52 Å². The molecule has 3 rings (SSSR count). The van der Waals surface area contributed by atoms with Crippen LogP contribution in [0.4, 0.5) is 0 Å². The maximum atomic E-state index is 11.9. The third-order valence-corrected chi connectivity index (χ3v) is 4.46. The molecular weight excluding hydrogens is 268 g/mol. The van der Waals surface area contributed by atoms with Crippen molar-refractivity contribution >= 4 is 5.78 Å². The molecular formula is C14H22N6O. The normalized spacial score (nSPS) is 23.0. The molecule has 0 atom stereocenters. The van der Waals surface area contributed by atoms with Crippen molar-refractivity contribution in [1.82, 2.24) is 29.8 Å². The molecule has 0 saturated heterocycles. The predicted molar refractivity (Wildman–Crippen MR) is 80.2 cm³/mol. The second kappa shape index (κ2) is 5.95. The van der Waals surface area contributed by atoms with Crippen molar-refractivity contribution < 1.29 is 0 Å². The van der Waals surface area contributed by atoms with Crippen LogP contribution in [0.2, 0.25) is 0 Å². The van der Waals surface area contributed by atoms with E-state index in [1.807, 2.05) is 7.05 Å². The summed E-state index contributed by atoms with van der Waals surface area (Å²) in [7, 11) is 4.14. The lowest BCUT2D eigenvalue weighted by molar-refractivity contribution is 0.168. The van der Waals surface area contributed by atoms with E-state index >= 15 is 0 Å².